The zero-order chi connectivity index (χ0) is 25.8. The molecule has 3 rings (SSSR count). The molecule has 1 aliphatic carbocycles. The summed E-state index contributed by atoms with van der Waals surface area (Å²) < 4.78 is 15.8. The molecular formula is C27H41ClFN5O. The van der Waals surface area contributed by atoms with Crippen LogP contribution in [0.3, 0.4) is 0 Å². The molecule has 0 radical (unpaired) electrons. The SMILES string of the molecule is CCC[C@H](N[C@H]1CCc2cc(F)c(Cl)cc2C1)C(=O)Nc1cn(C(C)(C)CNCC(C)(C)C)cn1. The summed E-state index contributed by atoms with van der Waals surface area (Å²) in [5.41, 5.74) is 2.09. The minimum atomic E-state index is -0.368. The van der Waals surface area contributed by atoms with Crippen LogP contribution in [0.4, 0.5) is 10.2 Å². The van der Waals surface area contributed by atoms with Crippen LogP contribution >= 0.6 is 11.6 Å². The number of halogens is 2. The molecule has 0 fully saturated rings. The predicted molar refractivity (Wildman–Crippen MR) is 142 cm³/mol. The van der Waals surface area contributed by atoms with Gasteiger partial charge in [-0.25, -0.2) is 9.37 Å². The second-order valence-corrected chi connectivity index (χ2v) is 12.0. The second-order valence-electron chi connectivity index (χ2n) is 11.6. The Kier molecular flexibility index (Phi) is 9.00. The molecule has 0 aliphatic heterocycles. The van der Waals surface area contributed by atoms with Crippen LogP contribution < -0.4 is 16.0 Å². The highest BCUT2D eigenvalue weighted by atomic mass is 35.5. The van der Waals surface area contributed by atoms with Gasteiger partial charge in [0.25, 0.3) is 0 Å². The van der Waals surface area contributed by atoms with Gasteiger partial charge in [-0.3, -0.25) is 4.79 Å². The van der Waals surface area contributed by atoms with E-state index in [1.54, 1.807) is 18.5 Å². The Labute approximate surface area is 214 Å². The molecule has 35 heavy (non-hydrogen) atoms. The number of aryl methyl sites for hydroxylation is 1. The molecular weight excluding hydrogens is 465 g/mol. The average Bonchev–Trinajstić information content (AvgIpc) is 3.23. The standard InChI is InChI=1S/C27H41ClFN5O/c1-7-8-23(32-20-10-9-18-13-22(29)21(28)12-19(18)11-20)25(35)33-24-14-34(17-31-24)27(5,6)16-30-15-26(2,3)4/h12-14,17,20,23,30,32H,7-11,15-16H2,1-6H3,(H,33,35)/t20-,23-/m0/s1. The molecule has 0 spiro atoms. The third kappa shape index (κ3) is 7.76. The Morgan fingerprint density at radius 1 is 1.23 bits per heavy atom. The molecule has 2 atom stereocenters. The van der Waals surface area contributed by atoms with Gasteiger partial charge in [-0.1, -0.05) is 45.7 Å². The first-order valence-corrected chi connectivity index (χ1v) is 13.0. The Hall–Kier alpha value is -1.96. The Balaban J connectivity index is 1.60. The van der Waals surface area contributed by atoms with Crippen LogP contribution in [0.25, 0.3) is 0 Å². The van der Waals surface area contributed by atoms with Gasteiger partial charge >= 0.3 is 0 Å². The fourth-order valence-electron chi connectivity index (χ4n) is 4.52. The number of hydrogen-bond donors (Lipinski definition) is 3. The maximum absolute atomic E-state index is 13.8. The molecule has 194 valence electrons. The van der Waals surface area contributed by atoms with Crippen molar-refractivity contribution in [2.24, 2.45) is 5.41 Å². The number of rotatable bonds is 10. The van der Waals surface area contributed by atoms with Crippen molar-refractivity contribution >= 4 is 23.3 Å². The van der Waals surface area contributed by atoms with E-state index in [1.165, 1.54) is 0 Å². The van der Waals surface area contributed by atoms with E-state index in [2.05, 4.69) is 62.5 Å². The predicted octanol–water partition coefficient (Wildman–Crippen LogP) is 5.30. The number of benzene rings is 1. The van der Waals surface area contributed by atoms with Gasteiger partial charge < -0.3 is 20.5 Å². The third-order valence-corrected chi connectivity index (χ3v) is 6.84. The van der Waals surface area contributed by atoms with E-state index in [0.717, 1.165) is 56.3 Å². The first-order chi connectivity index (χ1) is 16.4. The topological polar surface area (TPSA) is 71.0 Å². The highest BCUT2D eigenvalue weighted by molar-refractivity contribution is 6.30. The number of carbonyl (C=O) groups excluding carboxylic acids is 1. The summed E-state index contributed by atoms with van der Waals surface area (Å²) in [6, 6.07) is 3.08. The molecule has 1 aromatic carbocycles. The van der Waals surface area contributed by atoms with Gasteiger partial charge in [-0.15, -0.1) is 0 Å². The van der Waals surface area contributed by atoms with Gasteiger partial charge in [0.15, 0.2) is 5.82 Å². The maximum atomic E-state index is 13.8. The number of anilines is 1. The molecule has 1 aromatic heterocycles. The van der Waals surface area contributed by atoms with Crippen molar-refractivity contribution in [2.45, 2.75) is 91.3 Å². The van der Waals surface area contributed by atoms with Crippen molar-refractivity contribution in [3.8, 4) is 0 Å². The van der Waals surface area contributed by atoms with Crippen LogP contribution in [-0.4, -0.2) is 40.6 Å². The normalized spacial score (nSPS) is 17.2. The molecule has 1 heterocycles. The zero-order valence-corrected chi connectivity index (χ0v) is 22.7. The monoisotopic (exact) mass is 505 g/mol. The molecule has 0 saturated carbocycles. The molecule has 3 N–H and O–H groups in total. The van der Waals surface area contributed by atoms with E-state index >= 15 is 0 Å². The van der Waals surface area contributed by atoms with Crippen LogP contribution in [0.5, 0.6) is 0 Å². The van der Waals surface area contributed by atoms with Crippen LogP contribution in [0.15, 0.2) is 24.7 Å². The maximum Gasteiger partial charge on any atom is 0.242 e. The van der Waals surface area contributed by atoms with E-state index in [-0.39, 0.29) is 39.8 Å². The van der Waals surface area contributed by atoms with Crippen molar-refractivity contribution in [3.63, 3.8) is 0 Å². The lowest BCUT2D eigenvalue weighted by molar-refractivity contribution is -0.118. The number of amides is 1. The number of nitrogens with one attached hydrogen (secondary N) is 3. The van der Waals surface area contributed by atoms with Gasteiger partial charge in [0, 0.05) is 25.3 Å². The van der Waals surface area contributed by atoms with E-state index in [0.29, 0.717) is 5.82 Å². The second kappa shape index (κ2) is 11.4. The number of imidazole rings is 1. The molecule has 0 saturated heterocycles. The van der Waals surface area contributed by atoms with Crippen molar-refractivity contribution < 1.29 is 9.18 Å². The molecule has 1 aliphatic rings. The van der Waals surface area contributed by atoms with Crippen LogP contribution in [0.2, 0.25) is 5.02 Å². The fourth-order valence-corrected chi connectivity index (χ4v) is 4.71. The first-order valence-electron chi connectivity index (χ1n) is 12.7. The van der Waals surface area contributed by atoms with Gasteiger partial charge in [0.1, 0.15) is 5.82 Å². The number of carbonyl (C=O) groups is 1. The lowest BCUT2D eigenvalue weighted by atomic mass is 9.87. The number of fused-ring (bicyclic) bond motifs is 1. The molecule has 8 heteroatoms. The van der Waals surface area contributed by atoms with Crippen molar-refractivity contribution in [3.05, 3.63) is 46.6 Å². The fraction of sp³-hybridized carbons (Fsp3) is 0.630. The smallest absolute Gasteiger partial charge is 0.242 e. The lowest BCUT2D eigenvalue weighted by Gasteiger charge is -2.29. The Morgan fingerprint density at radius 3 is 2.66 bits per heavy atom. The first kappa shape index (κ1) is 27.6. The highest BCUT2D eigenvalue weighted by Gasteiger charge is 2.27. The summed E-state index contributed by atoms with van der Waals surface area (Å²) >= 11 is 6.00. The Bertz CT molecular complexity index is 1010. The van der Waals surface area contributed by atoms with Gasteiger partial charge in [-0.2, -0.15) is 0 Å². The lowest BCUT2D eigenvalue weighted by Crippen LogP contribution is -2.47. The van der Waals surface area contributed by atoms with Gasteiger partial charge in [0.05, 0.1) is 22.9 Å². The Morgan fingerprint density at radius 2 is 1.97 bits per heavy atom. The van der Waals surface area contributed by atoms with E-state index in [1.807, 2.05) is 10.8 Å². The van der Waals surface area contributed by atoms with E-state index in [4.69, 9.17) is 11.6 Å². The summed E-state index contributed by atoms with van der Waals surface area (Å²) in [6.45, 7) is 14.7. The van der Waals surface area contributed by atoms with E-state index < -0.39 is 0 Å². The summed E-state index contributed by atoms with van der Waals surface area (Å²) in [5.74, 6) is 0.106. The van der Waals surface area contributed by atoms with Gasteiger partial charge in [0.2, 0.25) is 5.91 Å². The summed E-state index contributed by atoms with van der Waals surface area (Å²) in [4.78, 5) is 17.6. The number of hydrogen-bond acceptors (Lipinski definition) is 4. The largest absolute Gasteiger partial charge is 0.328 e. The quantitative estimate of drug-likeness (QED) is 0.409. The number of nitrogens with zero attached hydrogens (tertiary/aromatic N) is 2. The minimum Gasteiger partial charge on any atom is -0.328 e. The molecule has 6 nitrogen and oxygen atoms in total. The van der Waals surface area contributed by atoms with Crippen molar-refractivity contribution in [2.75, 3.05) is 18.4 Å². The zero-order valence-electron chi connectivity index (χ0n) is 22.0. The van der Waals surface area contributed by atoms with E-state index in [9.17, 15) is 9.18 Å². The van der Waals surface area contributed by atoms with Crippen LogP contribution in [-0.2, 0) is 23.2 Å². The van der Waals surface area contributed by atoms with Gasteiger partial charge in [-0.05, 0) is 68.2 Å². The average molecular weight is 506 g/mol. The van der Waals surface area contributed by atoms with Crippen molar-refractivity contribution in [1.82, 2.24) is 20.2 Å². The van der Waals surface area contributed by atoms with Crippen molar-refractivity contribution in [1.29, 1.82) is 0 Å². The summed E-state index contributed by atoms with van der Waals surface area (Å²) in [7, 11) is 0. The summed E-state index contributed by atoms with van der Waals surface area (Å²) in [5, 5.41) is 10.2. The van der Waals surface area contributed by atoms with Crippen LogP contribution in [0.1, 0.15) is 71.9 Å². The number of aromatic nitrogens is 2. The summed E-state index contributed by atoms with van der Waals surface area (Å²) in [6.07, 6.45) is 7.63. The third-order valence-electron chi connectivity index (χ3n) is 6.55. The molecule has 0 bridgehead atoms. The molecule has 1 amide bonds. The molecule has 0 unspecified atom stereocenters. The minimum absolute atomic E-state index is 0.0799. The van der Waals surface area contributed by atoms with Crippen LogP contribution in [0, 0.1) is 11.2 Å². The molecule has 2 aromatic rings. The highest BCUT2D eigenvalue weighted by Crippen LogP contribution is 2.27.